The molecule has 1 saturated carbocycles. The van der Waals surface area contributed by atoms with Gasteiger partial charge in [-0.3, -0.25) is 10.1 Å². The zero-order valence-electron chi connectivity index (χ0n) is 20.1. The van der Waals surface area contributed by atoms with Crippen LogP contribution in [0.15, 0.2) is 36.7 Å². The van der Waals surface area contributed by atoms with Crippen molar-refractivity contribution in [3.05, 3.63) is 71.1 Å². The quantitative estimate of drug-likeness (QED) is 0.365. The number of benzene rings is 1. The van der Waals surface area contributed by atoms with Gasteiger partial charge in [-0.15, -0.1) is 5.10 Å². The molecule has 13 heteroatoms. The third kappa shape index (κ3) is 3.30. The zero-order chi connectivity index (χ0) is 27.0. The van der Waals surface area contributed by atoms with Gasteiger partial charge in [0, 0.05) is 6.20 Å². The smallest absolute Gasteiger partial charge is 0.377 e. The van der Waals surface area contributed by atoms with Gasteiger partial charge in [0.1, 0.15) is 17.3 Å². The summed E-state index contributed by atoms with van der Waals surface area (Å²) >= 11 is 0. The van der Waals surface area contributed by atoms with Crippen molar-refractivity contribution in [2.45, 2.75) is 50.3 Å². The lowest BCUT2D eigenvalue weighted by atomic mass is 9.66. The molecule has 2 aliphatic carbocycles. The molecule has 4 aromatic rings. The number of aliphatic hydroxyl groups is 1. The Morgan fingerprint density at radius 2 is 1.79 bits per heavy atom. The molecule has 0 unspecified atom stereocenters. The molecule has 3 aromatic heterocycles. The number of aliphatic hydroxyl groups excluding tert-OH is 1. The molecule has 1 aromatic carbocycles. The number of aromatic nitrogens is 7. The highest BCUT2D eigenvalue weighted by Gasteiger charge is 2.65. The summed E-state index contributed by atoms with van der Waals surface area (Å²) in [7, 11) is 0. The van der Waals surface area contributed by atoms with Crippen LogP contribution in [0.25, 0.3) is 22.8 Å². The van der Waals surface area contributed by atoms with E-state index in [1.54, 1.807) is 12.3 Å². The Labute approximate surface area is 212 Å². The van der Waals surface area contributed by atoms with Crippen molar-refractivity contribution in [2.75, 3.05) is 0 Å². The molecular formula is C25H20F5N7O. The van der Waals surface area contributed by atoms with E-state index in [0.717, 1.165) is 24.1 Å². The van der Waals surface area contributed by atoms with Crippen molar-refractivity contribution < 1.29 is 27.1 Å². The molecule has 1 fully saturated rings. The Morgan fingerprint density at radius 3 is 2.50 bits per heavy atom. The van der Waals surface area contributed by atoms with Gasteiger partial charge in [-0.25, -0.2) is 18.7 Å². The molecule has 0 saturated heterocycles. The van der Waals surface area contributed by atoms with Crippen molar-refractivity contribution in [2.24, 2.45) is 5.41 Å². The predicted octanol–water partition coefficient (Wildman–Crippen LogP) is 4.80. The molecule has 0 aliphatic heterocycles. The first-order valence-corrected chi connectivity index (χ1v) is 11.8. The number of alkyl halides is 3. The second-order valence-corrected chi connectivity index (χ2v) is 10.1. The van der Waals surface area contributed by atoms with Gasteiger partial charge in [0.25, 0.3) is 0 Å². The Kier molecular flexibility index (Phi) is 5.19. The van der Waals surface area contributed by atoms with E-state index in [1.807, 2.05) is 0 Å². The molecule has 6 rings (SSSR count). The van der Waals surface area contributed by atoms with Gasteiger partial charge in [0.05, 0.1) is 34.3 Å². The van der Waals surface area contributed by atoms with Gasteiger partial charge in [-0.1, -0.05) is 19.9 Å². The van der Waals surface area contributed by atoms with Gasteiger partial charge < -0.3 is 5.11 Å². The van der Waals surface area contributed by atoms with Crippen LogP contribution in [0.2, 0.25) is 0 Å². The van der Waals surface area contributed by atoms with E-state index in [4.69, 9.17) is 0 Å². The van der Waals surface area contributed by atoms with Crippen LogP contribution in [0.1, 0.15) is 61.5 Å². The van der Waals surface area contributed by atoms with Gasteiger partial charge in [-0.05, 0) is 47.9 Å². The number of hydrogen-bond acceptors (Lipinski definition) is 7. The molecule has 196 valence electrons. The van der Waals surface area contributed by atoms with E-state index in [-0.39, 0.29) is 28.7 Å². The zero-order valence-corrected chi connectivity index (χ0v) is 20.1. The Bertz CT molecular complexity index is 1550. The standard InChI is InChI=1S/C25H20F5N7O/c1-23(2)12-6-7-24(23,19-11(12)8-15(34-35-19)18-13(26)4-3-5-14(18)27)17-10-31-9-16(32-17)21-33-22(37-36-21)20(38)25(28,29)30/h3-5,8-10,12,20,38H,6-7H2,1-2H3,(H,33,36,37)/t12-,20-,24-/m0/s1. The minimum Gasteiger partial charge on any atom is -0.377 e. The maximum absolute atomic E-state index is 14.5. The van der Waals surface area contributed by atoms with E-state index in [0.29, 0.717) is 17.8 Å². The van der Waals surface area contributed by atoms with Crippen molar-refractivity contribution in [3.8, 4) is 22.8 Å². The molecule has 0 spiro atoms. The summed E-state index contributed by atoms with van der Waals surface area (Å²) in [6, 6.07) is 5.28. The number of H-pyrrole nitrogens is 1. The van der Waals surface area contributed by atoms with Gasteiger partial charge in [0.2, 0.25) is 11.9 Å². The maximum Gasteiger partial charge on any atom is 0.421 e. The van der Waals surface area contributed by atoms with Crippen molar-refractivity contribution in [3.63, 3.8) is 0 Å². The molecule has 0 amide bonds. The second kappa shape index (κ2) is 8.06. The maximum atomic E-state index is 14.5. The summed E-state index contributed by atoms with van der Waals surface area (Å²) < 4.78 is 67.7. The number of nitrogens with one attached hydrogen (secondary N) is 1. The van der Waals surface area contributed by atoms with Crippen molar-refractivity contribution in [1.29, 1.82) is 0 Å². The molecule has 38 heavy (non-hydrogen) atoms. The Hall–Kier alpha value is -3.87. The van der Waals surface area contributed by atoms with Crippen LogP contribution in [0.5, 0.6) is 0 Å². The van der Waals surface area contributed by atoms with Crippen LogP contribution in [0, 0.1) is 17.0 Å². The first-order chi connectivity index (χ1) is 17.9. The van der Waals surface area contributed by atoms with Gasteiger partial charge in [-0.2, -0.15) is 23.4 Å². The lowest BCUT2D eigenvalue weighted by Gasteiger charge is -2.37. The SMILES string of the molecule is CC1(C)[C@H]2CC[C@]1(c1cncc(-c3n[nH]c([C@H](O)C(F)(F)F)n3)n1)c1nnc(-c3c(F)cccc3F)cc12. The molecule has 3 heterocycles. The number of halogens is 5. The highest BCUT2D eigenvalue weighted by atomic mass is 19.4. The van der Waals surface area contributed by atoms with Crippen LogP contribution in [-0.2, 0) is 5.41 Å². The number of aromatic amines is 1. The summed E-state index contributed by atoms with van der Waals surface area (Å²) in [5.74, 6) is -2.41. The van der Waals surface area contributed by atoms with E-state index < -0.39 is 40.6 Å². The third-order valence-corrected chi connectivity index (χ3v) is 7.97. The van der Waals surface area contributed by atoms with Crippen LogP contribution >= 0.6 is 0 Å². The average molecular weight is 529 g/mol. The third-order valence-electron chi connectivity index (χ3n) is 7.97. The minimum absolute atomic E-state index is 0.0101. The highest BCUT2D eigenvalue weighted by Crippen LogP contribution is 2.69. The summed E-state index contributed by atoms with van der Waals surface area (Å²) in [5, 5.41) is 24.0. The monoisotopic (exact) mass is 529 g/mol. The van der Waals surface area contributed by atoms with E-state index >= 15 is 0 Å². The largest absolute Gasteiger partial charge is 0.421 e. The molecule has 2 N–H and O–H groups in total. The van der Waals surface area contributed by atoms with Gasteiger partial charge >= 0.3 is 6.18 Å². The minimum atomic E-state index is -4.91. The van der Waals surface area contributed by atoms with Crippen LogP contribution in [0.3, 0.4) is 0 Å². The predicted molar refractivity (Wildman–Crippen MR) is 122 cm³/mol. The number of rotatable bonds is 4. The first kappa shape index (κ1) is 24.5. The van der Waals surface area contributed by atoms with Crippen LogP contribution < -0.4 is 0 Å². The average Bonchev–Trinajstić information content (AvgIpc) is 3.51. The molecule has 8 nitrogen and oxygen atoms in total. The van der Waals surface area contributed by atoms with Crippen molar-refractivity contribution in [1.82, 2.24) is 35.3 Å². The fourth-order valence-electron chi connectivity index (χ4n) is 6.10. The molecule has 2 bridgehead atoms. The number of fused-ring (bicyclic) bond motifs is 5. The Balaban J connectivity index is 1.45. The lowest BCUT2D eigenvalue weighted by Crippen LogP contribution is -2.38. The summed E-state index contributed by atoms with van der Waals surface area (Å²) in [4.78, 5) is 12.7. The first-order valence-electron chi connectivity index (χ1n) is 11.8. The number of hydrogen-bond donors (Lipinski definition) is 2. The van der Waals surface area contributed by atoms with Crippen LogP contribution in [0.4, 0.5) is 22.0 Å². The summed E-state index contributed by atoms with van der Waals surface area (Å²) in [6.07, 6.45) is -3.46. The highest BCUT2D eigenvalue weighted by molar-refractivity contribution is 5.64. The van der Waals surface area contributed by atoms with E-state index in [2.05, 4.69) is 49.2 Å². The van der Waals surface area contributed by atoms with Crippen LogP contribution in [-0.4, -0.2) is 46.6 Å². The molecular weight excluding hydrogens is 509 g/mol. The van der Waals surface area contributed by atoms with E-state index in [1.165, 1.54) is 12.3 Å². The Morgan fingerprint density at radius 1 is 1.05 bits per heavy atom. The molecule has 0 radical (unpaired) electrons. The normalized spacial score (nSPS) is 22.5. The van der Waals surface area contributed by atoms with E-state index in [9.17, 15) is 27.1 Å². The molecule has 2 aliphatic rings. The second-order valence-electron chi connectivity index (χ2n) is 10.1. The van der Waals surface area contributed by atoms with Crippen molar-refractivity contribution >= 4 is 0 Å². The fourth-order valence-corrected chi connectivity index (χ4v) is 6.10. The molecule has 3 atom stereocenters. The summed E-state index contributed by atoms with van der Waals surface area (Å²) in [5.41, 5.74) is 0.682. The fraction of sp³-hybridized carbons (Fsp3) is 0.360. The summed E-state index contributed by atoms with van der Waals surface area (Å²) in [6.45, 7) is 4.10. The van der Waals surface area contributed by atoms with Gasteiger partial charge in [0.15, 0.2) is 5.82 Å². The number of nitrogens with zero attached hydrogens (tertiary/aromatic N) is 6. The lowest BCUT2D eigenvalue weighted by molar-refractivity contribution is -0.209. The topological polar surface area (TPSA) is 113 Å².